The van der Waals surface area contributed by atoms with Crippen molar-refractivity contribution in [2.75, 3.05) is 46.3 Å². The minimum atomic E-state index is -0.808. The Labute approximate surface area is 149 Å². The molecule has 0 bridgehead atoms. The van der Waals surface area contributed by atoms with E-state index in [9.17, 15) is 15.0 Å². The molecule has 0 saturated carbocycles. The van der Waals surface area contributed by atoms with Gasteiger partial charge in [-0.3, -0.25) is 4.90 Å². The number of hydrogen-bond donors (Lipinski definition) is 4. The summed E-state index contributed by atoms with van der Waals surface area (Å²) >= 11 is 0. The van der Waals surface area contributed by atoms with Crippen LogP contribution in [-0.2, 0) is 0 Å². The number of carbonyl (C=O) groups excluding carboxylic acids is 1. The van der Waals surface area contributed by atoms with Gasteiger partial charge in [-0.2, -0.15) is 0 Å². The standard InChI is InChI=1S/C18H30N4O3/c1-18(2,22-10-8-21(3)9-11-22)13-20-17(25)19-12-16(24)14-4-6-15(23)7-5-14/h4-7,16,23-24H,8-13H2,1-3H3,(H2,19,20,25). The number of urea groups is 1. The molecule has 0 aliphatic carbocycles. The molecule has 7 nitrogen and oxygen atoms in total. The van der Waals surface area contributed by atoms with E-state index in [2.05, 4.69) is 41.3 Å². The second kappa shape index (κ2) is 8.51. The zero-order chi connectivity index (χ0) is 18.4. The number of benzene rings is 1. The number of phenols is 1. The van der Waals surface area contributed by atoms with Crippen molar-refractivity contribution >= 4 is 6.03 Å². The number of phenolic OH excluding ortho intramolecular Hbond substituents is 1. The highest BCUT2D eigenvalue weighted by molar-refractivity contribution is 5.73. The summed E-state index contributed by atoms with van der Waals surface area (Å²) in [7, 11) is 2.12. The van der Waals surface area contributed by atoms with E-state index in [0.717, 1.165) is 26.2 Å². The number of amides is 2. The van der Waals surface area contributed by atoms with E-state index in [4.69, 9.17) is 0 Å². The largest absolute Gasteiger partial charge is 0.508 e. The first-order valence-electron chi connectivity index (χ1n) is 8.70. The van der Waals surface area contributed by atoms with Crippen molar-refractivity contribution in [3.63, 3.8) is 0 Å². The third kappa shape index (κ3) is 5.88. The summed E-state index contributed by atoms with van der Waals surface area (Å²) in [6, 6.07) is 6.00. The Morgan fingerprint density at radius 3 is 2.36 bits per heavy atom. The number of aliphatic hydroxyl groups is 1. The number of rotatable bonds is 6. The number of nitrogens with one attached hydrogen (secondary N) is 2. The van der Waals surface area contributed by atoms with Gasteiger partial charge in [-0.05, 0) is 38.6 Å². The van der Waals surface area contributed by atoms with Crippen LogP contribution in [0.4, 0.5) is 4.79 Å². The van der Waals surface area contributed by atoms with Crippen LogP contribution in [0.5, 0.6) is 5.75 Å². The Hall–Kier alpha value is -1.83. The van der Waals surface area contributed by atoms with Gasteiger partial charge in [-0.25, -0.2) is 4.79 Å². The number of aromatic hydroxyl groups is 1. The average Bonchev–Trinajstić information content (AvgIpc) is 2.59. The molecule has 1 fully saturated rings. The fourth-order valence-corrected chi connectivity index (χ4v) is 2.89. The van der Waals surface area contributed by atoms with Gasteiger partial charge in [0.25, 0.3) is 0 Å². The van der Waals surface area contributed by atoms with Crippen molar-refractivity contribution in [2.45, 2.75) is 25.5 Å². The number of hydrogen-bond acceptors (Lipinski definition) is 5. The van der Waals surface area contributed by atoms with Crippen molar-refractivity contribution in [2.24, 2.45) is 0 Å². The van der Waals surface area contributed by atoms with Crippen molar-refractivity contribution in [1.29, 1.82) is 0 Å². The fourth-order valence-electron chi connectivity index (χ4n) is 2.89. The summed E-state index contributed by atoms with van der Waals surface area (Å²) in [6.45, 7) is 8.97. The Morgan fingerprint density at radius 1 is 1.16 bits per heavy atom. The van der Waals surface area contributed by atoms with Gasteiger partial charge in [-0.1, -0.05) is 12.1 Å². The van der Waals surface area contributed by atoms with Crippen molar-refractivity contribution in [3.8, 4) is 5.75 Å². The minimum absolute atomic E-state index is 0.117. The molecule has 1 saturated heterocycles. The number of piperazine rings is 1. The molecule has 1 aromatic rings. The molecule has 1 aliphatic rings. The van der Waals surface area contributed by atoms with Crippen LogP contribution >= 0.6 is 0 Å². The number of likely N-dealkylation sites (N-methyl/N-ethyl adjacent to an activating group) is 1. The summed E-state index contributed by atoms with van der Waals surface area (Å²) in [5, 5.41) is 24.9. The summed E-state index contributed by atoms with van der Waals surface area (Å²) < 4.78 is 0. The maximum atomic E-state index is 12.0. The van der Waals surface area contributed by atoms with Gasteiger partial charge < -0.3 is 25.7 Å². The van der Waals surface area contributed by atoms with Crippen LogP contribution in [0.2, 0.25) is 0 Å². The van der Waals surface area contributed by atoms with Gasteiger partial charge in [0.1, 0.15) is 5.75 Å². The summed E-state index contributed by atoms with van der Waals surface area (Å²) in [4.78, 5) is 16.7. The van der Waals surface area contributed by atoms with Crippen LogP contribution in [0.25, 0.3) is 0 Å². The molecule has 7 heteroatoms. The molecule has 0 aromatic heterocycles. The monoisotopic (exact) mass is 350 g/mol. The normalized spacial score (nSPS) is 17.9. The molecule has 2 amide bonds. The van der Waals surface area contributed by atoms with E-state index in [1.165, 1.54) is 12.1 Å². The third-order valence-electron chi connectivity index (χ3n) is 4.77. The zero-order valence-corrected chi connectivity index (χ0v) is 15.3. The van der Waals surface area contributed by atoms with Gasteiger partial charge in [0, 0.05) is 44.8 Å². The Morgan fingerprint density at radius 2 is 1.76 bits per heavy atom. The number of carbonyl (C=O) groups is 1. The Bertz CT molecular complexity index is 554. The first-order chi connectivity index (χ1) is 11.8. The van der Waals surface area contributed by atoms with E-state index in [1.807, 2.05) is 0 Å². The lowest BCUT2D eigenvalue weighted by Gasteiger charge is -2.43. The van der Waals surface area contributed by atoms with Crippen molar-refractivity contribution < 1.29 is 15.0 Å². The Kier molecular flexibility index (Phi) is 6.64. The maximum Gasteiger partial charge on any atom is 0.314 e. The van der Waals surface area contributed by atoms with Gasteiger partial charge in [-0.15, -0.1) is 0 Å². The number of nitrogens with zero attached hydrogens (tertiary/aromatic N) is 2. The smallest absolute Gasteiger partial charge is 0.314 e. The summed E-state index contributed by atoms with van der Waals surface area (Å²) in [5.41, 5.74) is 0.532. The molecule has 1 atom stereocenters. The SMILES string of the molecule is CN1CCN(C(C)(C)CNC(=O)NCC(O)c2ccc(O)cc2)CC1. The second-order valence-corrected chi connectivity index (χ2v) is 7.27. The summed E-state index contributed by atoms with van der Waals surface area (Å²) in [5.74, 6) is 0.146. The molecule has 140 valence electrons. The quantitative estimate of drug-likeness (QED) is 0.608. The molecule has 4 N–H and O–H groups in total. The second-order valence-electron chi connectivity index (χ2n) is 7.27. The van der Waals surface area contributed by atoms with Crippen LogP contribution in [0.3, 0.4) is 0 Å². The van der Waals surface area contributed by atoms with E-state index >= 15 is 0 Å². The van der Waals surface area contributed by atoms with Crippen LogP contribution in [0, 0.1) is 0 Å². The van der Waals surface area contributed by atoms with Crippen molar-refractivity contribution in [3.05, 3.63) is 29.8 Å². The van der Waals surface area contributed by atoms with Gasteiger partial charge in [0.05, 0.1) is 6.10 Å². The lowest BCUT2D eigenvalue weighted by atomic mass is 10.0. The topological polar surface area (TPSA) is 88.1 Å². The molecule has 1 unspecified atom stereocenters. The first-order valence-corrected chi connectivity index (χ1v) is 8.70. The van der Waals surface area contributed by atoms with Crippen molar-refractivity contribution in [1.82, 2.24) is 20.4 Å². The van der Waals surface area contributed by atoms with Crippen LogP contribution in [0.15, 0.2) is 24.3 Å². The molecular formula is C18H30N4O3. The lowest BCUT2D eigenvalue weighted by molar-refractivity contribution is 0.0632. The molecule has 0 radical (unpaired) electrons. The first kappa shape index (κ1) is 19.5. The average molecular weight is 350 g/mol. The van der Waals surface area contributed by atoms with E-state index in [0.29, 0.717) is 12.1 Å². The molecule has 25 heavy (non-hydrogen) atoms. The van der Waals surface area contributed by atoms with E-state index in [1.54, 1.807) is 12.1 Å². The molecule has 1 heterocycles. The maximum absolute atomic E-state index is 12.0. The van der Waals surface area contributed by atoms with Crippen LogP contribution in [-0.4, -0.2) is 77.9 Å². The summed E-state index contributed by atoms with van der Waals surface area (Å²) in [6.07, 6.45) is -0.808. The number of aliphatic hydroxyl groups excluding tert-OH is 1. The predicted octanol–water partition coefficient (Wildman–Crippen LogP) is 0.751. The highest BCUT2D eigenvalue weighted by Gasteiger charge is 2.29. The molecular weight excluding hydrogens is 320 g/mol. The fraction of sp³-hybridized carbons (Fsp3) is 0.611. The Balaban J connectivity index is 1.73. The molecule has 0 spiro atoms. The van der Waals surface area contributed by atoms with Gasteiger partial charge in [0.2, 0.25) is 0 Å². The van der Waals surface area contributed by atoms with E-state index in [-0.39, 0.29) is 23.9 Å². The highest BCUT2D eigenvalue weighted by atomic mass is 16.3. The van der Waals surface area contributed by atoms with Crippen LogP contribution < -0.4 is 10.6 Å². The van der Waals surface area contributed by atoms with Gasteiger partial charge >= 0.3 is 6.03 Å². The molecule has 1 aromatic carbocycles. The van der Waals surface area contributed by atoms with E-state index < -0.39 is 6.10 Å². The molecule has 1 aliphatic heterocycles. The van der Waals surface area contributed by atoms with Crippen LogP contribution in [0.1, 0.15) is 25.5 Å². The third-order valence-corrected chi connectivity index (χ3v) is 4.77. The minimum Gasteiger partial charge on any atom is -0.508 e. The lowest BCUT2D eigenvalue weighted by Crippen LogP contribution is -2.58. The predicted molar refractivity (Wildman–Crippen MR) is 97.6 cm³/mol. The molecule has 2 rings (SSSR count). The highest BCUT2D eigenvalue weighted by Crippen LogP contribution is 2.17. The zero-order valence-electron chi connectivity index (χ0n) is 15.3. The van der Waals surface area contributed by atoms with Gasteiger partial charge in [0.15, 0.2) is 0 Å².